The third kappa shape index (κ3) is 3.50. The van der Waals surface area contributed by atoms with Crippen molar-refractivity contribution in [3.05, 3.63) is 0 Å². The number of hydrogen-bond donors (Lipinski definition) is 1. The summed E-state index contributed by atoms with van der Waals surface area (Å²) in [5, 5.41) is 3.81. The summed E-state index contributed by atoms with van der Waals surface area (Å²) >= 11 is 0. The average Bonchev–Trinajstić information content (AvgIpc) is 2.89. The predicted octanol–water partition coefficient (Wildman–Crippen LogP) is 2.66. The molecular formula is C16H32N2O. The monoisotopic (exact) mass is 268 g/mol. The molecule has 1 atom stereocenters. The molecule has 0 bridgehead atoms. The van der Waals surface area contributed by atoms with Crippen LogP contribution in [0.5, 0.6) is 0 Å². The quantitative estimate of drug-likeness (QED) is 0.801. The van der Waals surface area contributed by atoms with E-state index in [1.165, 1.54) is 32.1 Å². The van der Waals surface area contributed by atoms with Crippen LogP contribution in [0.25, 0.3) is 0 Å². The maximum absolute atomic E-state index is 5.56. The number of hydrogen-bond acceptors (Lipinski definition) is 3. The van der Waals surface area contributed by atoms with Gasteiger partial charge in [-0.3, -0.25) is 4.90 Å². The van der Waals surface area contributed by atoms with Gasteiger partial charge in [0.25, 0.3) is 0 Å². The first-order valence-electron chi connectivity index (χ1n) is 8.25. The molecule has 0 aromatic heterocycles. The Balaban J connectivity index is 2.14. The zero-order chi connectivity index (χ0) is 13.7. The number of morpholine rings is 1. The van der Waals surface area contributed by atoms with E-state index in [1.54, 1.807) is 0 Å². The average molecular weight is 268 g/mol. The van der Waals surface area contributed by atoms with E-state index in [1.807, 2.05) is 0 Å². The largest absolute Gasteiger partial charge is 0.379 e. The van der Waals surface area contributed by atoms with Crippen molar-refractivity contribution in [3.63, 3.8) is 0 Å². The van der Waals surface area contributed by atoms with Crippen LogP contribution in [-0.2, 0) is 4.74 Å². The number of nitrogens with one attached hydrogen (secondary N) is 1. The van der Waals surface area contributed by atoms with Crippen molar-refractivity contribution in [1.82, 2.24) is 10.2 Å². The lowest BCUT2D eigenvalue weighted by Crippen LogP contribution is -2.62. The van der Waals surface area contributed by atoms with E-state index in [4.69, 9.17) is 4.74 Å². The zero-order valence-electron chi connectivity index (χ0n) is 13.1. The Labute approximate surface area is 119 Å². The fourth-order valence-electron chi connectivity index (χ4n) is 4.09. The normalized spacial score (nSPS) is 25.9. The van der Waals surface area contributed by atoms with Crippen molar-refractivity contribution in [2.24, 2.45) is 5.92 Å². The second kappa shape index (κ2) is 7.05. The highest BCUT2D eigenvalue weighted by Crippen LogP contribution is 2.40. The van der Waals surface area contributed by atoms with E-state index in [0.717, 1.165) is 38.8 Å². The van der Waals surface area contributed by atoms with Gasteiger partial charge in [0.15, 0.2) is 0 Å². The molecule has 0 radical (unpaired) electrons. The van der Waals surface area contributed by atoms with Gasteiger partial charge >= 0.3 is 0 Å². The summed E-state index contributed by atoms with van der Waals surface area (Å²) in [6.07, 6.45) is 6.84. The molecule has 1 N–H and O–H groups in total. The summed E-state index contributed by atoms with van der Waals surface area (Å²) in [6.45, 7) is 12.1. The summed E-state index contributed by atoms with van der Waals surface area (Å²) in [7, 11) is 0. The van der Waals surface area contributed by atoms with Gasteiger partial charge in [0.2, 0.25) is 0 Å². The molecule has 3 heteroatoms. The Morgan fingerprint density at radius 3 is 2.32 bits per heavy atom. The lowest BCUT2D eigenvalue weighted by molar-refractivity contribution is -0.0382. The van der Waals surface area contributed by atoms with Gasteiger partial charge in [-0.15, -0.1) is 0 Å². The summed E-state index contributed by atoms with van der Waals surface area (Å²) < 4.78 is 5.56. The highest BCUT2D eigenvalue weighted by atomic mass is 16.5. The van der Waals surface area contributed by atoms with Gasteiger partial charge in [-0.2, -0.15) is 0 Å². The number of ether oxygens (including phenoxy) is 1. The topological polar surface area (TPSA) is 24.5 Å². The molecule has 2 aliphatic rings. The Morgan fingerprint density at radius 1 is 1.16 bits per heavy atom. The summed E-state index contributed by atoms with van der Waals surface area (Å²) in [5.41, 5.74) is 0.407. The lowest BCUT2D eigenvalue weighted by atomic mass is 9.81. The van der Waals surface area contributed by atoms with Crippen LogP contribution < -0.4 is 5.32 Å². The molecule has 0 amide bonds. The molecule has 112 valence electrons. The van der Waals surface area contributed by atoms with Crippen molar-refractivity contribution in [1.29, 1.82) is 0 Å². The van der Waals surface area contributed by atoms with E-state index in [-0.39, 0.29) is 0 Å². The van der Waals surface area contributed by atoms with Gasteiger partial charge in [-0.25, -0.2) is 0 Å². The Kier molecular flexibility index (Phi) is 5.67. The SMILES string of the molecule is CCNC(CC(C)C)C1(N2CCOCC2)CCCC1. The minimum atomic E-state index is 0.407. The second-order valence-electron chi connectivity index (χ2n) is 6.65. The Bertz CT molecular complexity index is 255. The Hall–Kier alpha value is -0.120. The molecule has 1 saturated heterocycles. The van der Waals surface area contributed by atoms with E-state index >= 15 is 0 Å². The lowest BCUT2D eigenvalue weighted by Gasteiger charge is -2.49. The first kappa shape index (κ1) is 15.3. The fraction of sp³-hybridized carbons (Fsp3) is 1.00. The fourth-order valence-corrected chi connectivity index (χ4v) is 4.09. The molecule has 1 aliphatic heterocycles. The number of likely N-dealkylation sites (N-methyl/N-ethyl adjacent to an activating group) is 1. The van der Waals surface area contributed by atoms with Crippen molar-refractivity contribution >= 4 is 0 Å². The molecule has 0 spiro atoms. The predicted molar refractivity (Wildman–Crippen MR) is 80.5 cm³/mol. The molecule has 1 saturated carbocycles. The van der Waals surface area contributed by atoms with Gasteiger partial charge < -0.3 is 10.1 Å². The van der Waals surface area contributed by atoms with Gasteiger partial charge in [0.1, 0.15) is 0 Å². The highest BCUT2D eigenvalue weighted by molar-refractivity contribution is 5.04. The summed E-state index contributed by atoms with van der Waals surface area (Å²) in [5.74, 6) is 0.766. The summed E-state index contributed by atoms with van der Waals surface area (Å²) in [6, 6.07) is 0.651. The van der Waals surface area contributed by atoms with Crippen LogP contribution in [0.15, 0.2) is 0 Å². The van der Waals surface area contributed by atoms with E-state index < -0.39 is 0 Å². The van der Waals surface area contributed by atoms with E-state index in [0.29, 0.717) is 11.6 Å². The van der Waals surface area contributed by atoms with Crippen LogP contribution in [0.2, 0.25) is 0 Å². The zero-order valence-corrected chi connectivity index (χ0v) is 13.1. The maximum Gasteiger partial charge on any atom is 0.0594 e. The van der Waals surface area contributed by atoms with E-state index in [2.05, 4.69) is 31.0 Å². The molecule has 1 unspecified atom stereocenters. The van der Waals surface area contributed by atoms with Gasteiger partial charge in [0.05, 0.1) is 13.2 Å². The third-order valence-corrected chi connectivity index (χ3v) is 4.92. The molecule has 3 nitrogen and oxygen atoms in total. The number of nitrogens with zero attached hydrogens (tertiary/aromatic N) is 1. The van der Waals surface area contributed by atoms with Crippen LogP contribution in [0.1, 0.15) is 52.9 Å². The smallest absolute Gasteiger partial charge is 0.0594 e. The molecule has 1 heterocycles. The maximum atomic E-state index is 5.56. The van der Waals surface area contributed by atoms with Crippen molar-refractivity contribution in [3.8, 4) is 0 Å². The van der Waals surface area contributed by atoms with E-state index in [9.17, 15) is 0 Å². The standard InChI is InChI=1S/C16H32N2O/c1-4-17-15(13-14(2)3)16(7-5-6-8-16)18-9-11-19-12-10-18/h14-15,17H,4-13H2,1-3H3. The molecule has 2 fully saturated rings. The van der Waals surface area contributed by atoms with Gasteiger partial charge in [-0.05, 0) is 31.7 Å². The molecular weight excluding hydrogens is 236 g/mol. The van der Waals surface area contributed by atoms with Crippen LogP contribution in [0, 0.1) is 5.92 Å². The minimum Gasteiger partial charge on any atom is -0.379 e. The highest BCUT2D eigenvalue weighted by Gasteiger charge is 2.45. The molecule has 19 heavy (non-hydrogen) atoms. The Morgan fingerprint density at radius 2 is 1.79 bits per heavy atom. The molecule has 2 rings (SSSR count). The second-order valence-corrected chi connectivity index (χ2v) is 6.65. The third-order valence-electron chi connectivity index (χ3n) is 4.92. The molecule has 0 aromatic carbocycles. The van der Waals surface area contributed by atoms with Crippen LogP contribution >= 0.6 is 0 Å². The van der Waals surface area contributed by atoms with Crippen molar-refractivity contribution < 1.29 is 4.74 Å². The van der Waals surface area contributed by atoms with Crippen LogP contribution in [-0.4, -0.2) is 49.3 Å². The minimum absolute atomic E-state index is 0.407. The first-order chi connectivity index (χ1) is 9.19. The van der Waals surface area contributed by atoms with Gasteiger partial charge in [-0.1, -0.05) is 33.6 Å². The summed E-state index contributed by atoms with van der Waals surface area (Å²) in [4.78, 5) is 2.75. The van der Waals surface area contributed by atoms with Crippen molar-refractivity contribution in [2.45, 2.75) is 64.5 Å². The van der Waals surface area contributed by atoms with Crippen molar-refractivity contribution in [2.75, 3.05) is 32.8 Å². The molecule has 1 aliphatic carbocycles. The molecule has 0 aromatic rings. The van der Waals surface area contributed by atoms with Crippen LogP contribution in [0.3, 0.4) is 0 Å². The van der Waals surface area contributed by atoms with Crippen LogP contribution in [0.4, 0.5) is 0 Å². The number of rotatable bonds is 6. The first-order valence-corrected chi connectivity index (χ1v) is 8.25. The van der Waals surface area contributed by atoms with Gasteiger partial charge in [0, 0.05) is 24.7 Å².